The first-order valence-corrected chi connectivity index (χ1v) is 11.7. The molecule has 2 atom stereocenters. The Hall–Kier alpha value is -2.11. The minimum absolute atomic E-state index is 0.119. The van der Waals surface area contributed by atoms with Crippen LogP contribution in [0.25, 0.3) is 0 Å². The predicted octanol–water partition coefficient (Wildman–Crippen LogP) is 5.51. The molecule has 0 aliphatic heterocycles. The van der Waals surface area contributed by atoms with Gasteiger partial charge >= 0.3 is 5.97 Å². The summed E-state index contributed by atoms with van der Waals surface area (Å²) in [6.07, 6.45) is 4.15. The van der Waals surface area contributed by atoms with Crippen LogP contribution in [0.15, 0.2) is 42.5 Å². The number of aliphatic hydroxyl groups is 1. The van der Waals surface area contributed by atoms with Crippen molar-refractivity contribution in [2.24, 2.45) is 11.8 Å². The molecule has 4 rings (SSSR count). The van der Waals surface area contributed by atoms with Crippen molar-refractivity contribution in [3.05, 3.63) is 64.4 Å². The average Bonchev–Trinajstić information content (AvgIpc) is 3.09. The lowest BCUT2D eigenvalue weighted by Crippen LogP contribution is -2.53. The molecule has 4 nitrogen and oxygen atoms in total. The number of halogens is 2. The number of rotatable bonds is 6. The van der Waals surface area contributed by atoms with Gasteiger partial charge in [0, 0.05) is 17.3 Å². The molecule has 1 fully saturated rings. The highest BCUT2D eigenvalue weighted by Crippen LogP contribution is 2.56. The maximum atomic E-state index is 14.7. The van der Waals surface area contributed by atoms with Gasteiger partial charge in [-0.25, -0.2) is 9.18 Å². The van der Waals surface area contributed by atoms with Gasteiger partial charge in [0.25, 0.3) is 0 Å². The Morgan fingerprint density at radius 2 is 1.97 bits per heavy atom. The van der Waals surface area contributed by atoms with Gasteiger partial charge in [0.2, 0.25) is 0 Å². The summed E-state index contributed by atoms with van der Waals surface area (Å²) in [6, 6.07) is 12.7. The van der Waals surface area contributed by atoms with Crippen LogP contribution in [0.1, 0.15) is 50.2 Å². The van der Waals surface area contributed by atoms with E-state index in [2.05, 4.69) is 11.4 Å². The number of carbonyl (C=O) groups is 1. The van der Waals surface area contributed by atoms with Gasteiger partial charge in [0.15, 0.2) is 0 Å². The summed E-state index contributed by atoms with van der Waals surface area (Å²) in [7, 11) is 1.42. The molecular weight excluding hydrogens is 429 g/mol. The first-order valence-electron chi connectivity index (χ1n) is 11.3. The summed E-state index contributed by atoms with van der Waals surface area (Å²) in [5.41, 5.74) is 1.61. The summed E-state index contributed by atoms with van der Waals surface area (Å²) in [6.45, 7) is 2.16. The normalized spacial score (nSPS) is 27.7. The molecule has 2 aromatic rings. The summed E-state index contributed by atoms with van der Waals surface area (Å²) in [5, 5.41) is 13.7. The van der Waals surface area contributed by atoms with Crippen LogP contribution in [-0.2, 0) is 21.4 Å². The van der Waals surface area contributed by atoms with Gasteiger partial charge in [0.05, 0.1) is 7.11 Å². The summed E-state index contributed by atoms with van der Waals surface area (Å²) >= 11 is 6.16. The number of hydrogen-bond donors (Lipinski definition) is 2. The van der Waals surface area contributed by atoms with Crippen molar-refractivity contribution in [1.82, 2.24) is 0 Å². The van der Waals surface area contributed by atoms with Crippen LogP contribution in [0, 0.1) is 17.7 Å². The topological polar surface area (TPSA) is 58.6 Å². The van der Waals surface area contributed by atoms with Gasteiger partial charge in [-0.05, 0) is 91.2 Å². The van der Waals surface area contributed by atoms with Crippen LogP contribution in [0.4, 0.5) is 10.1 Å². The summed E-state index contributed by atoms with van der Waals surface area (Å²) in [4.78, 5) is 13.0. The standard InChI is InChI=1S/C26H31ClFNO3/c1-17(16-30)13-18-14-21-22(7-4-8-23(21)28)25(18)9-11-26(12-10-25,24(31)32-2)29-20-6-3-5-19(27)15-20/h3-8,15,17-18,29-30H,9-14,16H2,1-2H3/t17-,18?,25?,26?/m1/s1. The van der Waals surface area contributed by atoms with Gasteiger partial charge in [-0.15, -0.1) is 0 Å². The third kappa shape index (κ3) is 4.01. The number of anilines is 1. The second-order valence-corrected chi connectivity index (χ2v) is 9.99. The van der Waals surface area contributed by atoms with Crippen LogP contribution in [0.3, 0.4) is 0 Å². The van der Waals surface area contributed by atoms with Gasteiger partial charge < -0.3 is 15.2 Å². The van der Waals surface area contributed by atoms with E-state index in [1.165, 1.54) is 13.2 Å². The van der Waals surface area contributed by atoms with Crippen molar-refractivity contribution < 1.29 is 19.0 Å². The number of hydrogen-bond acceptors (Lipinski definition) is 4. The molecule has 2 aromatic carbocycles. The monoisotopic (exact) mass is 459 g/mol. The van der Waals surface area contributed by atoms with Crippen molar-refractivity contribution in [1.29, 1.82) is 0 Å². The second-order valence-electron chi connectivity index (χ2n) is 9.56. The molecule has 1 spiro atoms. The van der Waals surface area contributed by atoms with Gasteiger partial charge in [-0.3, -0.25) is 0 Å². The second kappa shape index (κ2) is 9.03. The molecular formula is C26H31ClFNO3. The molecule has 0 amide bonds. The molecule has 172 valence electrons. The SMILES string of the molecule is COC(=O)C1(Nc2cccc(Cl)c2)CCC2(CC1)c1cccc(F)c1CC2C[C@@H](C)CO. The number of esters is 1. The fourth-order valence-electron chi connectivity index (χ4n) is 5.98. The van der Waals surface area contributed by atoms with E-state index in [0.717, 1.165) is 36.1 Å². The maximum absolute atomic E-state index is 14.7. The molecule has 32 heavy (non-hydrogen) atoms. The van der Waals surface area contributed by atoms with Gasteiger partial charge in [-0.1, -0.05) is 36.7 Å². The molecule has 6 heteroatoms. The predicted molar refractivity (Wildman–Crippen MR) is 124 cm³/mol. The molecule has 0 heterocycles. The van der Waals surface area contributed by atoms with Crippen molar-refractivity contribution in [2.45, 2.75) is 56.4 Å². The van der Waals surface area contributed by atoms with E-state index in [4.69, 9.17) is 16.3 Å². The van der Waals surface area contributed by atoms with E-state index in [-0.39, 0.29) is 35.6 Å². The van der Waals surface area contributed by atoms with Crippen LogP contribution in [-0.4, -0.2) is 30.3 Å². The number of nitrogens with one attached hydrogen (secondary N) is 1. The van der Waals surface area contributed by atoms with Crippen LogP contribution < -0.4 is 5.32 Å². The maximum Gasteiger partial charge on any atom is 0.331 e. The van der Waals surface area contributed by atoms with Crippen molar-refractivity contribution in [3.63, 3.8) is 0 Å². The lowest BCUT2D eigenvalue weighted by Gasteiger charge is -2.47. The fourth-order valence-corrected chi connectivity index (χ4v) is 6.17. The number of carbonyl (C=O) groups excluding carboxylic acids is 1. The minimum Gasteiger partial charge on any atom is -0.467 e. The number of benzene rings is 2. The van der Waals surface area contributed by atoms with Gasteiger partial charge in [-0.2, -0.15) is 0 Å². The number of aliphatic hydroxyl groups excluding tert-OH is 1. The molecule has 1 unspecified atom stereocenters. The Labute approximate surface area is 194 Å². The van der Waals surface area contributed by atoms with E-state index < -0.39 is 5.54 Å². The first kappa shape index (κ1) is 23.1. The van der Waals surface area contributed by atoms with Crippen LogP contribution in [0.5, 0.6) is 0 Å². The Bertz CT molecular complexity index is 987. The van der Waals surface area contributed by atoms with E-state index in [1.54, 1.807) is 12.1 Å². The smallest absolute Gasteiger partial charge is 0.331 e. The first-order chi connectivity index (χ1) is 15.3. The van der Waals surface area contributed by atoms with Crippen molar-refractivity contribution in [3.8, 4) is 0 Å². The van der Waals surface area contributed by atoms with Crippen molar-refractivity contribution in [2.75, 3.05) is 19.0 Å². The molecule has 2 N–H and O–H groups in total. The molecule has 0 radical (unpaired) electrons. The lowest BCUT2D eigenvalue weighted by molar-refractivity contribution is -0.148. The molecule has 2 aliphatic rings. The van der Waals surface area contributed by atoms with E-state index in [1.807, 2.05) is 25.1 Å². The highest BCUT2D eigenvalue weighted by molar-refractivity contribution is 6.30. The minimum atomic E-state index is -0.853. The average molecular weight is 460 g/mol. The summed E-state index contributed by atoms with van der Waals surface area (Å²) in [5.74, 6) is -0.0579. The van der Waals surface area contributed by atoms with Gasteiger partial charge in [0.1, 0.15) is 11.4 Å². The Balaban J connectivity index is 1.67. The Morgan fingerprint density at radius 1 is 1.25 bits per heavy atom. The van der Waals surface area contributed by atoms with E-state index in [9.17, 15) is 14.3 Å². The van der Waals surface area contributed by atoms with Crippen molar-refractivity contribution >= 4 is 23.3 Å². The van der Waals surface area contributed by atoms with E-state index >= 15 is 0 Å². The molecule has 0 bridgehead atoms. The zero-order valence-electron chi connectivity index (χ0n) is 18.7. The summed E-state index contributed by atoms with van der Waals surface area (Å²) < 4.78 is 19.9. The van der Waals surface area contributed by atoms with E-state index in [0.29, 0.717) is 24.3 Å². The Kier molecular flexibility index (Phi) is 6.51. The third-order valence-corrected chi connectivity index (χ3v) is 7.90. The number of ether oxygens (including phenoxy) is 1. The fraction of sp³-hybridized carbons (Fsp3) is 0.500. The molecule has 0 aromatic heterocycles. The Morgan fingerprint density at radius 3 is 2.62 bits per heavy atom. The third-order valence-electron chi connectivity index (χ3n) is 7.67. The number of methoxy groups -OCH3 is 1. The number of fused-ring (bicyclic) bond motifs is 2. The quantitative estimate of drug-likeness (QED) is 0.559. The molecule has 2 aliphatic carbocycles. The van der Waals surface area contributed by atoms with Crippen LogP contribution in [0.2, 0.25) is 5.02 Å². The largest absolute Gasteiger partial charge is 0.467 e. The lowest BCUT2D eigenvalue weighted by atomic mass is 9.59. The highest BCUT2D eigenvalue weighted by atomic mass is 35.5. The zero-order chi connectivity index (χ0) is 22.9. The zero-order valence-corrected chi connectivity index (χ0v) is 19.4. The molecule has 0 saturated heterocycles. The highest BCUT2D eigenvalue weighted by Gasteiger charge is 2.54. The van der Waals surface area contributed by atoms with Crippen LogP contribution >= 0.6 is 11.6 Å². The molecule has 1 saturated carbocycles.